The molecule has 0 aliphatic carbocycles. The highest BCUT2D eigenvalue weighted by atomic mass is 32.1. The summed E-state index contributed by atoms with van der Waals surface area (Å²) < 4.78 is 7.09. The van der Waals surface area contributed by atoms with Crippen molar-refractivity contribution in [3.63, 3.8) is 0 Å². The van der Waals surface area contributed by atoms with Crippen molar-refractivity contribution in [3.8, 4) is 27.7 Å². The Morgan fingerprint density at radius 2 is 1.55 bits per heavy atom. The number of likely N-dealkylation sites (tertiary alicyclic amines) is 1. The van der Waals surface area contributed by atoms with Crippen molar-refractivity contribution in [2.45, 2.75) is 25.7 Å². The summed E-state index contributed by atoms with van der Waals surface area (Å²) in [6.07, 6.45) is 4.71. The second-order valence-electron chi connectivity index (χ2n) is 8.71. The zero-order chi connectivity index (χ0) is 22.6. The van der Waals surface area contributed by atoms with Gasteiger partial charge in [0.25, 0.3) is 0 Å². The minimum Gasteiger partial charge on any atom is -0.508 e. The Morgan fingerprint density at radius 3 is 2.30 bits per heavy atom. The average molecular weight is 460 g/mol. The standard InChI is InChI=1S/C28H29NO3S/c30-22-8-4-20(5-9-22)18-26-25-13-10-23(31)19-27(25)33-28(26)21-6-11-24(12-7-21)32-17-16-29-14-2-1-3-15-29/h4-13,19,30-31H,1-3,14-18H2. The van der Waals surface area contributed by atoms with Crippen LogP contribution in [-0.4, -0.2) is 41.4 Å². The number of phenolic OH excluding ortho intramolecular Hbond substituents is 2. The zero-order valence-corrected chi connectivity index (χ0v) is 19.5. The van der Waals surface area contributed by atoms with Gasteiger partial charge >= 0.3 is 0 Å². The molecule has 1 aliphatic heterocycles. The first-order valence-electron chi connectivity index (χ1n) is 11.6. The fourth-order valence-corrected chi connectivity index (χ4v) is 5.80. The number of phenols is 2. The third-order valence-corrected chi connectivity index (χ3v) is 7.58. The van der Waals surface area contributed by atoms with E-state index in [1.165, 1.54) is 42.8 Å². The van der Waals surface area contributed by atoms with Gasteiger partial charge in [-0.15, -0.1) is 11.3 Å². The van der Waals surface area contributed by atoms with E-state index in [1.807, 2.05) is 24.3 Å². The summed E-state index contributed by atoms with van der Waals surface area (Å²) in [5, 5.41) is 20.8. The lowest BCUT2D eigenvalue weighted by molar-refractivity contribution is 0.183. The molecule has 1 aromatic heterocycles. The Kier molecular flexibility index (Phi) is 6.51. The highest BCUT2D eigenvalue weighted by molar-refractivity contribution is 7.22. The van der Waals surface area contributed by atoms with Crippen LogP contribution in [0.15, 0.2) is 66.7 Å². The Morgan fingerprint density at radius 1 is 0.818 bits per heavy atom. The molecule has 1 fully saturated rings. The van der Waals surface area contributed by atoms with E-state index in [1.54, 1.807) is 29.5 Å². The SMILES string of the molecule is Oc1ccc(Cc2c(-c3ccc(OCCN4CCCCC4)cc3)sc3cc(O)ccc23)cc1. The van der Waals surface area contributed by atoms with E-state index in [9.17, 15) is 10.2 Å². The van der Waals surface area contributed by atoms with Gasteiger partial charge < -0.3 is 14.9 Å². The third-order valence-electron chi connectivity index (χ3n) is 6.34. The summed E-state index contributed by atoms with van der Waals surface area (Å²) >= 11 is 1.70. The number of nitrogens with zero attached hydrogens (tertiary/aromatic N) is 1. The molecule has 0 spiro atoms. The summed E-state index contributed by atoms with van der Waals surface area (Å²) in [7, 11) is 0. The zero-order valence-electron chi connectivity index (χ0n) is 18.7. The molecule has 4 nitrogen and oxygen atoms in total. The number of aromatic hydroxyl groups is 2. The first-order valence-corrected chi connectivity index (χ1v) is 12.5. The number of benzene rings is 3. The summed E-state index contributed by atoms with van der Waals surface area (Å²) in [6, 6.07) is 21.3. The highest BCUT2D eigenvalue weighted by Gasteiger charge is 2.16. The molecule has 4 aromatic rings. The van der Waals surface area contributed by atoms with E-state index in [0.717, 1.165) is 39.9 Å². The maximum absolute atomic E-state index is 9.99. The van der Waals surface area contributed by atoms with Crippen LogP contribution < -0.4 is 4.74 Å². The van der Waals surface area contributed by atoms with Crippen molar-refractivity contribution in [2.24, 2.45) is 0 Å². The molecule has 5 heteroatoms. The minimum atomic E-state index is 0.273. The van der Waals surface area contributed by atoms with Gasteiger partial charge in [0.15, 0.2) is 0 Å². The lowest BCUT2D eigenvalue weighted by Gasteiger charge is -2.26. The Bertz CT molecular complexity index is 1210. The summed E-state index contributed by atoms with van der Waals surface area (Å²) in [6.45, 7) is 4.08. The van der Waals surface area contributed by atoms with Crippen LogP contribution in [0.2, 0.25) is 0 Å². The minimum absolute atomic E-state index is 0.273. The Labute approximate surface area is 198 Å². The van der Waals surface area contributed by atoms with Crippen molar-refractivity contribution >= 4 is 21.4 Å². The second kappa shape index (κ2) is 9.86. The van der Waals surface area contributed by atoms with E-state index in [2.05, 4.69) is 29.2 Å². The normalized spacial score (nSPS) is 14.5. The molecule has 0 atom stereocenters. The molecule has 1 aliphatic rings. The molecular formula is C28H29NO3S. The maximum atomic E-state index is 9.99. The van der Waals surface area contributed by atoms with Crippen LogP contribution in [0.5, 0.6) is 17.2 Å². The molecule has 0 bridgehead atoms. The molecule has 0 radical (unpaired) electrons. The van der Waals surface area contributed by atoms with Gasteiger partial charge in [-0.1, -0.05) is 18.6 Å². The number of piperidine rings is 1. The van der Waals surface area contributed by atoms with Gasteiger partial charge in [0, 0.05) is 16.1 Å². The molecular weight excluding hydrogens is 430 g/mol. The predicted molar refractivity (Wildman–Crippen MR) is 136 cm³/mol. The largest absolute Gasteiger partial charge is 0.508 e. The van der Waals surface area contributed by atoms with Crippen molar-refractivity contribution in [1.29, 1.82) is 0 Å². The van der Waals surface area contributed by atoms with Crippen LogP contribution >= 0.6 is 11.3 Å². The average Bonchev–Trinajstić information content (AvgIpc) is 3.19. The molecule has 0 amide bonds. The Hall–Kier alpha value is -3.02. The molecule has 0 unspecified atom stereocenters. The predicted octanol–water partition coefficient (Wildman–Crippen LogP) is 6.44. The van der Waals surface area contributed by atoms with Gasteiger partial charge in [-0.3, -0.25) is 4.90 Å². The van der Waals surface area contributed by atoms with Crippen molar-refractivity contribution in [1.82, 2.24) is 4.90 Å². The first kappa shape index (κ1) is 21.8. The van der Waals surface area contributed by atoms with Crippen LogP contribution in [0, 0.1) is 0 Å². The Balaban J connectivity index is 1.37. The van der Waals surface area contributed by atoms with Gasteiger partial charge in [0.2, 0.25) is 0 Å². The van der Waals surface area contributed by atoms with Crippen molar-refractivity contribution in [3.05, 3.63) is 77.9 Å². The number of rotatable bonds is 7. The number of hydrogen-bond donors (Lipinski definition) is 2. The summed E-state index contributed by atoms with van der Waals surface area (Å²) in [4.78, 5) is 3.68. The van der Waals surface area contributed by atoms with Crippen LogP contribution in [0.4, 0.5) is 0 Å². The van der Waals surface area contributed by atoms with E-state index < -0.39 is 0 Å². The monoisotopic (exact) mass is 459 g/mol. The van der Waals surface area contributed by atoms with Crippen LogP contribution in [-0.2, 0) is 6.42 Å². The molecule has 2 N–H and O–H groups in total. The molecule has 2 heterocycles. The topological polar surface area (TPSA) is 52.9 Å². The van der Waals surface area contributed by atoms with Gasteiger partial charge in [0.05, 0.1) is 0 Å². The van der Waals surface area contributed by atoms with E-state index in [-0.39, 0.29) is 11.5 Å². The molecule has 170 valence electrons. The quantitative estimate of drug-likeness (QED) is 0.334. The van der Waals surface area contributed by atoms with E-state index in [0.29, 0.717) is 6.61 Å². The summed E-state index contributed by atoms with van der Waals surface area (Å²) in [5.74, 6) is 1.45. The lowest BCUT2D eigenvalue weighted by Crippen LogP contribution is -2.33. The number of fused-ring (bicyclic) bond motifs is 1. The van der Waals surface area contributed by atoms with Crippen LogP contribution in [0.3, 0.4) is 0 Å². The molecule has 5 rings (SSSR count). The molecule has 0 saturated carbocycles. The number of hydrogen-bond acceptors (Lipinski definition) is 5. The fourth-order valence-electron chi connectivity index (χ4n) is 4.54. The lowest BCUT2D eigenvalue weighted by atomic mass is 9.99. The van der Waals surface area contributed by atoms with E-state index in [4.69, 9.17) is 4.74 Å². The molecule has 1 saturated heterocycles. The second-order valence-corrected chi connectivity index (χ2v) is 9.76. The van der Waals surface area contributed by atoms with Crippen LogP contribution in [0.1, 0.15) is 30.4 Å². The van der Waals surface area contributed by atoms with Gasteiger partial charge in [-0.25, -0.2) is 0 Å². The third kappa shape index (κ3) is 5.15. The van der Waals surface area contributed by atoms with Gasteiger partial charge in [0.1, 0.15) is 23.9 Å². The van der Waals surface area contributed by atoms with Crippen molar-refractivity contribution < 1.29 is 14.9 Å². The fraction of sp³-hybridized carbons (Fsp3) is 0.286. The first-order chi connectivity index (χ1) is 16.2. The number of ether oxygens (including phenoxy) is 1. The number of thiophene rings is 1. The summed E-state index contributed by atoms with van der Waals surface area (Å²) in [5.41, 5.74) is 3.52. The van der Waals surface area contributed by atoms with Crippen molar-refractivity contribution in [2.75, 3.05) is 26.2 Å². The van der Waals surface area contributed by atoms with E-state index >= 15 is 0 Å². The maximum Gasteiger partial charge on any atom is 0.119 e. The highest BCUT2D eigenvalue weighted by Crippen LogP contribution is 2.41. The van der Waals surface area contributed by atoms with Crippen LogP contribution in [0.25, 0.3) is 20.5 Å². The van der Waals surface area contributed by atoms with Gasteiger partial charge in [-0.2, -0.15) is 0 Å². The van der Waals surface area contributed by atoms with Gasteiger partial charge in [-0.05, 0) is 109 Å². The molecule has 33 heavy (non-hydrogen) atoms. The smallest absolute Gasteiger partial charge is 0.119 e. The molecule has 3 aromatic carbocycles.